The molecule has 0 fully saturated rings. The van der Waals surface area contributed by atoms with Crippen LogP contribution in [0.4, 0.5) is 5.82 Å². The lowest BCUT2D eigenvalue weighted by molar-refractivity contribution is -0.117. The fourth-order valence-electron chi connectivity index (χ4n) is 0.837. The number of anilines is 1. The Bertz CT molecular complexity index is 316. The highest BCUT2D eigenvalue weighted by Crippen LogP contribution is 2.13. The van der Waals surface area contributed by atoms with Crippen LogP contribution in [0.5, 0.6) is 0 Å². The van der Waals surface area contributed by atoms with E-state index in [0.717, 1.165) is 11.3 Å². The second-order valence-corrected chi connectivity index (χ2v) is 3.10. The van der Waals surface area contributed by atoms with Crippen molar-refractivity contribution >= 4 is 11.7 Å². The fourth-order valence-corrected chi connectivity index (χ4v) is 0.837. The molecule has 0 saturated heterocycles. The number of carbonyl (C=O) groups is 1. The number of aryl methyl sites for hydroxylation is 1. The number of aromatic nitrogens is 2. The van der Waals surface area contributed by atoms with E-state index in [-0.39, 0.29) is 5.91 Å². The summed E-state index contributed by atoms with van der Waals surface area (Å²) in [7, 11) is 0. The molecule has 0 aliphatic heterocycles. The Balaban J connectivity index is 2.75. The van der Waals surface area contributed by atoms with E-state index in [9.17, 15) is 4.79 Å². The Morgan fingerprint density at radius 1 is 1.62 bits per heavy atom. The zero-order valence-corrected chi connectivity index (χ0v) is 8.01. The van der Waals surface area contributed by atoms with Crippen molar-refractivity contribution in [1.29, 1.82) is 0 Å². The number of nitrogens with one attached hydrogen (secondary N) is 2. The summed E-state index contributed by atoms with van der Waals surface area (Å²) in [6.07, 6.45) is 0. The molecule has 0 aliphatic carbocycles. The average Bonchev–Trinajstić information content (AvgIpc) is 2.36. The predicted molar refractivity (Wildman–Crippen MR) is 50.3 cm³/mol. The van der Waals surface area contributed by atoms with Crippen molar-refractivity contribution < 1.29 is 4.79 Å². The lowest BCUT2D eigenvalue weighted by Crippen LogP contribution is -2.32. The van der Waals surface area contributed by atoms with E-state index in [1.54, 1.807) is 6.92 Å². The van der Waals surface area contributed by atoms with E-state index >= 15 is 0 Å². The number of nitrogens with two attached hydrogens (primary N) is 1. The molecule has 1 amide bonds. The zero-order chi connectivity index (χ0) is 10.0. The lowest BCUT2D eigenvalue weighted by atomic mass is 10.2. The summed E-state index contributed by atoms with van der Waals surface area (Å²) in [6.45, 7) is 5.41. The first-order valence-electron chi connectivity index (χ1n) is 4.10. The highest BCUT2D eigenvalue weighted by molar-refractivity contribution is 5.94. The Morgan fingerprint density at radius 3 is 2.62 bits per heavy atom. The molecule has 0 unspecified atom stereocenters. The molecule has 5 nitrogen and oxygen atoms in total. The largest absolute Gasteiger partial charge is 0.320 e. The third kappa shape index (κ3) is 2.06. The predicted octanol–water partition coefficient (Wildman–Crippen LogP) is 0.312. The molecule has 1 rings (SSSR count). The van der Waals surface area contributed by atoms with Crippen LogP contribution in [0.3, 0.4) is 0 Å². The van der Waals surface area contributed by atoms with Gasteiger partial charge in [-0.3, -0.25) is 9.89 Å². The van der Waals surface area contributed by atoms with Crippen molar-refractivity contribution in [3.05, 3.63) is 11.3 Å². The van der Waals surface area contributed by atoms with E-state index in [1.165, 1.54) is 0 Å². The number of carbonyl (C=O) groups excluding carboxylic acids is 1. The molecule has 0 radical (unpaired) electrons. The van der Waals surface area contributed by atoms with Gasteiger partial charge in [0.05, 0.1) is 6.04 Å². The minimum absolute atomic E-state index is 0.227. The fraction of sp³-hybridized carbons (Fsp3) is 0.500. The Kier molecular flexibility index (Phi) is 2.67. The maximum Gasteiger partial charge on any atom is 0.242 e. The van der Waals surface area contributed by atoms with Gasteiger partial charge in [0.25, 0.3) is 0 Å². The van der Waals surface area contributed by atoms with E-state index in [0.29, 0.717) is 5.82 Å². The minimum atomic E-state index is -0.517. The molecule has 0 aromatic carbocycles. The highest BCUT2D eigenvalue weighted by Gasteiger charge is 2.11. The van der Waals surface area contributed by atoms with E-state index in [4.69, 9.17) is 5.73 Å². The summed E-state index contributed by atoms with van der Waals surface area (Å²) < 4.78 is 0. The van der Waals surface area contributed by atoms with Crippen LogP contribution in [0.1, 0.15) is 18.2 Å². The van der Waals surface area contributed by atoms with Crippen molar-refractivity contribution in [2.24, 2.45) is 5.73 Å². The smallest absolute Gasteiger partial charge is 0.242 e. The number of hydrogen-bond acceptors (Lipinski definition) is 3. The Morgan fingerprint density at radius 2 is 2.23 bits per heavy atom. The molecule has 13 heavy (non-hydrogen) atoms. The molecule has 0 aliphatic rings. The van der Waals surface area contributed by atoms with Crippen molar-refractivity contribution in [3.63, 3.8) is 0 Å². The Hall–Kier alpha value is -1.36. The zero-order valence-electron chi connectivity index (χ0n) is 8.01. The maximum absolute atomic E-state index is 11.2. The number of amides is 1. The van der Waals surface area contributed by atoms with Crippen LogP contribution in [0.25, 0.3) is 0 Å². The average molecular weight is 182 g/mol. The molecule has 1 atom stereocenters. The van der Waals surface area contributed by atoms with Crippen LogP contribution in [0.2, 0.25) is 0 Å². The number of nitrogens with zero attached hydrogens (tertiary/aromatic N) is 1. The van der Waals surface area contributed by atoms with Crippen LogP contribution >= 0.6 is 0 Å². The number of H-pyrrole nitrogens is 1. The van der Waals surface area contributed by atoms with Gasteiger partial charge in [-0.25, -0.2) is 0 Å². The first kappa shape index (κ1) is 9.73. The van der Waals surface area contributed by atoms with Crippen molar-refractivity contribution in [1.82, 2.24) is 10.2 Å². The topological polar surface area (TPSA) is 83.8 Å². The number of aromatic amines is 1. The summed E-state index contributed by atoms with van der Waals surface area (Å²) >= 11 is 0. The SMILES string of the molecule is Cc1[nH]nc(NC(=O)[C@H](C)N)c1C. The summed E-state index contributed by atoms with van der Waals surface area (Å²) in [6, 6.07) is -0.517. The van der Waals surface area contributed by atoms with Crippen molar-refractivity contribution in [3.8, 4) is 0 Å². The number of rotatable bonds is 2. The molecule has 1 heterocycles. The first-order chi connectivity index (χ1) is 6.02. The second kappa shape index (κ2) is 3.57. The van der Waals surface area contributed by atoms with E-state index < -0.39 is 6.04 Å². The van der Waals surface area contributed by atoms with Gasteiger partial charge in [0.1, 0.15) is 0 Å². The summed E-state index contributed by atoms with van der Waals surface area (Å²) in [4.78, 5) is 11.2. The minimum Gasteiger partial charge on any atom is -0.320 e. The van der Waals surface area contributed by atoms with Crippen LogP contribution in [0, 0.1) is 13.8 Å². The molecular formula is C8H14N4O. The molecule has 0 spiro atoms. The van der Waals surface area contributed by atoms with Gasteiger partial charge in [0.2, 0.25) is 5.91 Å². The summed E-state index contributed by atoms with van der Waals surface area (Å²) in [5.41, 5.74) is 7.27. The standard InChI is InChI=1S/C8H14N4O/c1-4-6(3)11-12-7(4)10-8(13)5(2)9/h5H,9H2,1-3H3,(H2,10,11,12,13)/t5-/m0/s1. The second-order valence-electron chi connectivity index (χ2n) is 3.10. The molecule has 4 N–H and O–H groups in total. The number of hydrogen-bond donors (Lipinski definition) is 3. The molecule has 0 bridgehead atoms. The third-order valence-electron chi connectivity index (χ3n) is 1.91. The molecule has 0 saturated carbocycles. The molecular weight excluding hydrogens is 168 g/mol. The van der Waals surface area contributed by atoms with Crippen LogP contribution < -0.4 is 11.1 Å². The van der Waals surface area contributed by atoms with Crippen LogP contribution in [-0.4, -0.2) is 22.1 Å². The van der Waals surface area contributed by atoms with Crippen LogP contribution in [-0.2, 0) is 4.79 Å². The van der Waals surface area contributed by atoms with Gasteiger partial charge in [-0.2, -0.15) is 5.10 Å². The molecule has 72 valence electrons. The molecule has 5 heteroatoms. The summed E-state index contributed by atoms with van der Waals surface area (Å²) in [5.74, 6) is 0.328. The van der Waals surface area contributed by atoms with Gasteiger partial charge in [-0.1, -0.05) is 0 Å². The van der Waals surface area contributed by atoms with E-state index in [2.05, 4.69) is 15.5 Å². The van der Waals surface area contributed by atoms with Gasteiger partial charge in [0.15, 0.2) is 5.82 Å². The summed E-state index contributed by atoms with van der Waals surface area (Å²) in [5, 5.41) is 9.33. The highest BCUT2D eigenvalue weighted by atomic mass is 16.2. The van der Waals surface area contributed by atoms with Gasteiger partial charge >= 0.3 is 0 Å². The monoisotopic (exact) mass is 182 g/mol. The first-order valence-corrected chi connectivity index (χ1v) is 4.10. The van der Waals surface area contributed by atoms with Crippen LogP contribution in [0.15, 0.2) is 0 Å². The van der Waals surface area contributed by atoms with Gasteiger partial charge < -0.3 is 11.1 Å². The van der Waals surface area contributed by atoms with E-state index in [1.807, 2.05) is 13.8 Å². The molecule has 1 aromatic rings. The lowest BCUT2D eigenvalue weighted by Gasteiger charge is -2.05. The van der Waals surface area contributed by atoms with Crippen molar-refractivity contribution in [2.75, 3.05) is 5.32 Å². The van der Waals surface area contributed by atoms with Crippen molar-refractivity contribution in [2.45, 2.75) is 26.8 Å². The molecule has 1 aromatic heterocycles. The normalized spacial score (nSPS) is 12.6. The van der Waals surface area contributed by atoms with Gasteiger partial charge in [-0.15, -0.1) is 0 Å². The quantitative estimate of drug-likeness (QED) is 0.615. The maximum atomic E-state index is 11.2. The third-order valence-corrected chi connectivity index (χ3v) is 1.91. The van der Waals surface area contributed by atoms with Gasteiger partial charge in [0, 0.05) is 11.3 Å². The van der Waals surface area contributed by atoms with Gasteiger partial charge in [-0.05, 0) is 20.8 Å². The Labute approximate surface area is 76.7 Å².